The molecule has 1 N–H and O–H groups in total. The van der Waals surface area contributed by atoms with E-state index in [1.807, 2.05) is 0 Å². The fourth-order valence-electron chi connectivity index (χ4n) is 3.53. The lowest BCUT2D eigenvalue weighted by atomic mass is 10.0. The molecule has 1 radical (unpaired) electrons. The molecule has 0 heterocycles. The van der Waals surface area contributed by atoms with Gasteiger partial charge in [0, 0.05) is 32.2 Å². The molecule has 205 valence electrons. The summed E-state index contributed by atoms with van der Waals surface area (Å²) in [6, 6.07) is 0. The van der Waals surface area contributed by atoms with E-state index in [4.69, 9.17) is 19.3 Å². The van der Waals surface area contributed by atoms with Crippen LogP contribution in [0, 0.1) is 24.7 Å². The molecule has 0 bridgehead atoms. The third-order valence-electron chi connectivity index (χ3n) is 6.06. The van der Waals surface area contributed by atoms with E-state index in [9.17, 15) is 4.79 Å². The molecule has 0 saturated heterocycles. The Kier molecular flexibility index (Phi) is 21.3. The van der Waals surface area contributed by atoms with E-state index in [-0.39, 0.29) is 31.4 Å². The summed E-state index contributed by atoms with van der Waals surface area (Å²) in [6.07, 6.45) is 13.8. The maximum atomic E-state index is 11.9. The van der Waals surface area contributed by atoms with Crippen LogP contribution < -0.4 is 0 Å². The summed E-state index contributed by atoms with van der Waals surface area (Å²) < 4.78 is 17.4. The van der Waals surface area contributed by atoms with Crippen molar-refractivity contribution in [2.75, 3.05) is 26.4 Å². The minimum atomic E-state index is -0.265. The van der Waals surface area contributed by atoms with Crippen molar-refractivity contribution >= 4 is 5.97 Å². The first-order valence-corrected chi connectivity index (χ1v) is 13.7. The van der Waals surface area contributed by atoms with Crippen LogP contribution in [0.3, 0.4) is 0 Å². The van der Waals surface area contributed by atoms with Gasteiger partial charge in [-0.15, -0.1) is 0 Å². The number of esters is 1. The summed E-state index contributed by atoms with van der Waals surface area (Å²) >= 11 is 0. The van der Waals surface area contributed by atoms with Gasteiger partial charge in [0.2, 0.25) is 0 Å². The maximum absolute atomic E-state index is 11.9. The van der Waals surface area contributed by atoms with Gasteiger partial charge < -0.3 is 19.3 Å². The van der Waals surface area contributed by atoms with Gasteiger partial charge in [0.1, 0.15) is 0 Å². The number of rotatable bonds is 22. The van der Waals surface area contributed by atoms with Crippen LogP contribution in [-0.4, -0.2) is 43.8 Å². The standard InChI is InChI=1S/C30H55O5/c1-24(2)12-10-14-26(5)18-20-33-30(34-21-19-27(6)15-11-13-25(3)4)17-9-8-16-29(32)35-23-28(7)22-31/h12-13,26-28,30-31H,7-11,14-23H2,1-6H3. The molecule has 0 aromatic rings. The SMILES string of the molecule is [CH2]C(CO)COC(=O)CCCCC(OCCC(C)CCC=C(C)C)OCCC(C)CCC=C(C)C. The van der Waals surface area contributed by atoms with Crippen LogP contribution in [0.25, 0.3) is 0 Å². The van der Waals surface area contributed by atoms with Crippen molar-refractivity contribution in [1.82, 2.24) is 0 Å². The van der Waals surface area contributed by atoms with Crippen molar-refractivity contribution in [3.8, 4) is 0 Å². The Morgan fingerprint density at radius 1 is 0.829 bits per heavy atom. The largest absolute Gasteiger partial charge is 0.465 e. The second-order valence-electron chi connectivity index (χ2n) is 10.7. The Morgan fingerprint density at radius 2 is 1.34 bits per heavy atom. The zero-order valence-corrected chi connectivity index (χ0v) is 23.7. The van der Waals surface area contributed by atoms with Gasteiger partial charge in [0.25, 0.3) is 0 Å². The number of hydrogen-bond donors (Lipinski definition) is 1. The third kappa shape index (κ3) is 23.0. The number of aliphatic hydroxyl groups excluding tert-OH is 1. The number of carbonyl (C=O) groups excluding carboxylic acids is 1. The number of carbonyl (C=O) groups is 1. The van der Waals surface area contributed by atoms with E-state index in [2.05, 4.69) is 60.6 Å². The molecule has 0 amide bonds. The maximum Gasteiger partial charge on any atom is 0.305 e. The highest BCUT2D eigenvalue weighted by Crippen LogP contribution is 2.17. The van der Waals surface area contributed by atoms with Crippen LogP contribution in [-0.2, 0) is 19.0 Å². The van der Waals surface area contributed by atoms with Gasteiger partial charge in [-0.25, -0.2) is 0 Å². The molecule has 0 aliphatic carbocycles. The van der Waals surface area contributed by atoms with E-state index < -0.39 is 0 Å². The molecule has 0 saturated carbocycles. The zero-order valence-electron chi connectivity index (χ0n) is 23.7. The van der Waals surface area contributed by atoms with Gasteiger partial charge in [-0.2, -0.15) is 0 Å². The van der Waals surface area contributed by atoms with E-state index in [1.165, 1.54) is 24.0 Å². The fraction of sp³-hybridized carbons (Fsp3) is 0.800. The zero-order chi connectivity index (χ0) is 26.5. The number of ether oxygens (including phenoxy) is 3. The van der Waals surface area contributed by atoms with Crippen molar-refractivity contribution in [2.24, 2.45) is 17.8 Å². The first-order chi connectivity index (χ1) is 16.6. The summed E-state index contributed by atoms with van der Waals surface area (Å²) in [7, 11) is 0. The molecule has 0 aliphatic rings. The van der Waals surface area contributed by atoms with Crippen molar-refractivity contribution in [1.29, 1.82) is 0 Å². The van der Waals surface area contributed by atoms with Gasteiger partial charge in [-0.05, 0) is 104 Å². The molecular weight excluding hydrogens is 440 g/mol. The highest BCUT2D eigenvalue weighted by Gasteiger charge is 2.13. The van der Waals surface area contributed by atoms with E-state index in [1.54, 1.807) is 0 Å². The smallest absolute Gasteiger partial charge is 0.305 e. The summed E-state index contributed by atoms with van der Waals surface area (Å²) in [5, 5.41) is 8.98. The van der Waals surface area contributed by atoms with Crippen LogP contribution in [0.15, 0.2) is 23.3 Å². The minimum absolute atomic E-state index is 0.0786. The van der Waals surface area contributed by atoms with Crippen molar-refractivity contribution < 1.29 is 24.1 Å². The Balaban J connectivity index is 4.39. The Labute approximate surface area is 216 Å². The highest BCUT2D eigenvalue weighted by atomic mass is 16.7. The van der Waals surface area contributed by atoms with Gasteiger partial charge in [-0.3, -0.25) is 4.79 Å². The molecule has 0 aromatic carbocycles. The lowest BCUT2D eigenvalue weighted by Crippen LogP contribution is -2.20. The van der Waals surface area contributed by atoms with Gasteiger partial charge in [0.15, 0.2) is 6.29 Å². The second kappa shape index (κ2) is 22.1. The average Bonchev–Trinajstić information content (AvgIpc) is 2.79. The highest BCUT2D eigenvalue weighted by molar-refractivity contribution is 5.69. The molecule has 35 heavy (non-hydrogen) atoms. The summed E-state index contributed by atoms with van der Waals surface area (Å²) in [6.45, 7) is 18.3. The number of allylic oxidation sites excluding steroid dienone is 4. The molecule has 0 aliphatic heterocycles. The average molecular weight is 496 g/mol. The first-order valence-electron chi connectivity index (χ1n) is 13.7. The molecule has 0 spiro atoms. The van der Waals surface area contributed by atoms with Crippen molar-refractivity contribution in [2.45, 2.75) is 112 Å². The lowest BCUT2D eigenvalue weighted by molar-refractivity contribution is -0.152. The number of hydrogen-bond acceptors (Lipinski definition) is 5. The monoisotopic (exact) mass is 495 g/mol. The second-order valence-corrected chi connectivity index (χ2v) is 10.7. The number of aliphatic hydroxyl groups is 1. The molecule has 3 unspecified atom stereocenters. The molecular formula is C30H55O5. The van der Waals surface area contributed by atoms with Crippen LogP contribution in [0.2, 0.25) is 0 Å². The van der Waals surface area contributed by atoms with Gasteiger partial charge in [-0.1, -0.05) is 37.1 Å². The summed E-state index contributed by atoms with van der Waals surface area (Å²) in [5.74, 6) is 0.735. The van der Waals surface area contributed by atoms with E-state index >= 15 is 0 Å². The Bertz CT molecular complexity index is 541. The van der Waals surface area contributed by atoms with Gasteiger partial charge >= 0.3 is 5.97 Å². The van der Waals surface area contributed by atoms with Crippen LogP contribution >= 0.6 is 0 Å². The minimum Gasteiger partial charge on any atom is -0.465 e. The molecule has 0 aromatic heterocycles. The molecule has 5 nitrogen and oxygen atoms in total. The van der Waals surface area contributed by atoms with Gasteiger partial charge in [0.05, 0.1) is 6.61 Å². The van der Waals surface area contributed by atoms with Crippen molar-refractivity contribution in [3.05, 3.63) is 30.2 Å². The van der Waals surface area contributed by atoms with Crippen LogP contribution in [0.1, 0.15) is 106 Å². The Hall–Kier alpha value is -1.17. The molecule has 5 heteroatoms. The molecule has 3 atom stereocenters. The molecule has 0 fully saturated rings. The third-order valence-corrected chi connectivity index (χ3v) is 6.06. The van der Waals surface area contributed by atoms with Crippen LogP contribution in [0.4, 0.5) is 0 Å². The first kappa shape index (κ1) is 33.8. The van der Waals surface area contributed by atoms with E-state index in [0.29, 0.717) is 31.5 Å². The predicted octanol–water partition coefficient (Wildman–Crippen LogP) is 7.44. The number of unbranched alkanes of at least 4 members (excludes halogenated alkanes) is 1. The topological polar surface area (TPSA) is 65.0 Å². The fourth-order valence-corrected chi connectivity index (χ4v) is 3.53. The van der Waals surface area contributed by atoms with E-state index in [0.717, 1.165) is 44.9 Å². The summed E-state index contributed by atoms with van der Waals surface area (Å²) in [5.41, 5.74) is 2.75. The normalized spacial score (nSPS) is 14.6. The molecule has 0 rings (SSSR count). The predicted molar refractivity (Wildman–Crippen MR) is 146 cm³/mol. The van der Waals surface area contributed by atoms with Crippen LogP contribution in [0.5, 0.6) is 0 Å². The lowest BCUT2D eigenvalue weighted by Gasteiger charge is -2.21. The summed E-state index contributed by atoms with van der Waals surface area (Å²) in [4.78, 5) is 11.9. The Morgan fingerprint density at radius 3 is 1.80 bits per heavy atom. The quantitative estimate of drug-likeness (QED) is 0.0732. The van der Waals surface area contributed by atoms with Crippen molar-refractivity contribution in [3.63, 3.8) is 0 Å².